The normalized spacial score (nSPS) is 12.7. The van der Waals surface area contributed by atoms with Crippen molar-refractivity contribution in [3.8, 4) is 67.5 Å². The molecule has 11 aromatic carbocycles. The number of hydrogen-bond acceptors (Lipinski definition) is 4. The predicted molar refractivity (Wildman–Crippen MR) is 292 cm³/mol. The van der Waals surface area contributed by atoms with Crippen LogP contribution in [0, 0.1) is 0 Å². The highest BCUT2D eigenvalue weighted by Crippen LogP contribution is 2.57. The third-order valence-electron chi connectivity index (χ3n) is 14.4. The van der Waals surface area contributed by atoms with E-state index < -0.39 is 5.41 Å². The van der Waals surface area contributed by atoms with E-state index in [4.69, 9.17) is 15.0 Å². The summed E-state index contributed by atoms with van der Waals surface area (Å²) in [5, 5.41) is 6.96. The summed E-state index contributed by atoms with van der Waals surface area (Å²) in [4.78, 5) is 16.0. The number of hydrogen-bond donors (Lipinski definition) is 0. The fourth-order valence-electron chi connectivity index (χ4n) is 11.2. The van der Waals surface area contributed by atoms with Crippen LogP contribution in [-0.2, 0) is 5.41 Å². The van der Waals surface area contributed by atoms with Gasteiger partial charge in [-0.3, -0.25) is 0 Å². The van der Waals surface area contributed by atoms with E-state index in [1.54, 1.807) is 11.3 Å². The van der Waals surface area contributed by atoms with Gasteiger partial charge >= 0.3 is 0 Å². The van der Waals surface area contributed by atoms with Crippen LogP contribution in [0.15, 0.2) is 249 Å². The molecule has 2 heterocycles. The molecule has 1 aliphatic rings. The Morgan fingerprint density at radius 2 is 0.786 bits per heavy atom. The zero-order valence-corrected chi connectivity index (χ0v) is 38.7. The van der Waals surface area contributed by atoms with Crippen molar-refractivity contribution in [2.75, 3.05) is 0 Å². The molecule has 2 aromatic heterocycles. The van der Waals surface area contributed by atoms with Crippen molar-refractivity contribution in [2.45, 2.75) is 5.41 Å². The van der Waals surface area contributed by atoms with Crippen LogP contribution in [0.2, 0.25) is 0 Å². The molecule has 0 amide bonds. The minimum atomic E-state index is -0.461. The lowest BCUT2D eigenvalue weighted by Crippen LogP contribution is -2.28. The second kappa shape index (κ2) is 16.2. The highest BCUT2D eigenvalue weighted by molar-refractivity contribution is 7.26. The third-order valence-corrected chi connectivity index (χ3v) is 15.6. The number of benzene rings is 11. The minimum Gasteiger partial charge on any atom is -0.208 e. The zero-order valence-electron chi connectivity index (χ0n) is 37.9. The first-order chi connectivity index (χ1) is 34.7. The standard InChI is InChI=1S/C66H41N3S/c1-4-17-42(18-5-1)50-37-38-57(52-24-11-10-23-51(50)52)64-67-63(68-65(69-64)58-28-16-27-56-55-26-13-15-30-61(55)70-62(56)58)47-34-33-43-39-44(31-32-45(43)40-47)46-35-36-54-53-25-12-14-29-59(53)66(60(54)41-46,48-19-6-2-7-20-48)49-21-8-3-9-22-49/h1-41H. The SMILES string of the molecule is c1ccc(-c2ccc(-c3nc(-c4ccc5cc(-c6ccc7c(c6)C(c6ccccc6)(c6ccccc6)c6ccccc6-7)ccc5c4)nc(-c4cccc5c4sc4ccccc45)n3)c3ccccc23)cc1. The largest absolute Gasteiger partial charge is 0.208 e. The predicted octanol–water partition coefficient (Wildman–Crippen LogP) is 17.2. The average molecular weight is 908 g/mol. The molecule has 0 saturated carbocycles. The highest BCUT2D eigenvalue weighted by Gasteiger charge is 2.46. The maximum absolute atomic E-state index is 5.35. The molecule has 4 heteroatoms. The molecule has 326 valence electrons. The molecule has 0 aliphatic heterocycles. The summed E-state index contributed by atoms with van der Waals surface area (Å²) in [7, 11) is 0. The lowest BCUT2D eigenvalue weighted by molar-refractivity contribution is 0.769. The van der Waals surface area contributed by atoms with Crippen LogP contribution in [0.5, 0.6) is 0 Å². The van der Waals surface area contributed by atoms with Crippen molar-refractivity contribution in [3.63, 3.8) is 0 Å². The molecule has 14 rings (SSSR count). The smallest absolute Gasteiger partial charge is 0.165 e. The Labute approximate surface area is 409 Å². The van der Waals surface area contributed by atoms with Gasteiger partial charge in [0.1, 0.15) is 0 Å². The van der Waals surface area contributed by atoms with Gasteiger partial charge in [-0.05, 0) is 114 Å². The van der Waals surface area contributed by atoms with E-state index in [0.717, 1.165) is 38.2 Å². The van der Waals surface area contributed by atoms with Gasteiger partial charge in [-0.1, -0.05) is 212 Å². The number of aromatic nitrogens is 3. The molecule has 0 fully saturated rings. The molecular weight excluding hydrogens is 867 g/mol. The molecule has 0 saturated heterocycles. The van der Waals surface area contributed by atoms with Gasteiger partial charge in [0.15, 0.2) is 17.5 Å². The number of rotatable bonds is 7. The Bertz CT molecular complexity index is 4140. The van der Waals surface area contributed by atoms with E-state index in [1.165, 1.54) is 75.8 Å². The Morgan fingerprint density at radius 1 is 0.286 bits per heavy atom. The van der Waals surface area contributed by atoms with E-state index in [9.17, 15) is 0 Å². The van der Waals surface area contributed by atoms with Gasteiger partial charge < -0.3 is 0 Å². The molecule has 0 spiro atoms. The van der Waals surface area contributed by atoms with Crippen LogP contribution in [0.4, 0.5) is 0 Å². The molecule has 0 unspecified atom stereocenters. The van der Waals surface area contributed by atoms with Crippen LogP contribution >= 0.6 is 11.3 Å². The Hall–Kier alpha value is -8.83. The van der Waals surface area contributed by atoms with E-state index in [0.29, 0.717) is 17.5 Å². The molecule has 0 N–H and O–H groups in total. The topological polar surface area (TPSA) is 38.7 Å². The number of thiophene rings is 1. The Kier molecular flexibility index (Phi) is 9.29. The Balaban J connectivity index is 0.911. The van der Waals surface area contributed by atoms with Crippen molar-refractivity contribution in [1.82, 2.24) is 15.0 Å². The fourth-order valence-corrected chi connectivity index (χ4v) is 12.4. The maximum Gasteiger partial charge on any atom is 0.165 e. The van der Waals surface area contributed by atoms with Crippen LogP contribution < -0.4 is 0 Å². The molecule has 3 nitrogen and oxygen atoms in total. The number of nitrogens with zero attached hydrogens (tertiary/aromatic N) is 3. The average Bonchev–Trinajstić information content (AvgIpc) is 3.97. The molecule has 0 atom stereocenters. The van der Waals surface area contributed by atoms with Gasteiger partial charge in [0.2, 0.25) is 0 Å². The molecule has 1 aliphatic carbocycles. The number of fused-ring (bicyclic) bond motifs is 8. The second-order valence-electron chi connectivity index (χ2n) is 18.2. The van der Waals surface area contributed by atoms with Gasteiger partial charge in [0.25, 0.3) is 0 Å². The summed E-state index contributed by atoms with van der Waals surface area (Å²) in [5.74, 6) is 1.94. The van der Waals surface area contributed by atoms with Crippen LogP contribution in [0.25, 0.3) is 109 Å². The summed E-state index contributed by atoms with van der Waals surface area (Å²) in [6.07, 6.45) is 0. The molecule has 0 radical (unpaired) electrons. The van der Waals surface area contributed by atoms with E-state index >= 15 is 0 Å². The van der Waals surface area contributed by atoms with Crippen LogP contribution in [0.3, 0.4) is 0 Å². The first-order valence-corrected chi connectivity index (χ1v) is 24.6. The lowest BCUT2D eigenvalue weighted by atomic mass is 9.67. The van der Waals surface area contributed by atoms with E-state index in [-0.39, 0.29) is 0 Å². The Morgan fingerprint density at radius 3 is 1.54 bits per heavy atom. The summed E-state index contributed by atoms with van der Waals surface area (Å²) in [6.45, 7) is 0. The summed E-state index contributed by atoms with van der Waals surface area (Å²) >= 11 is 1.79. The van der Waals surface area contributed by atoms with Gasteiger partial charge in [0, 0.05) is 36.9 Å². The monoisotopic (exact) mass is 907 g/mol. The molecular formula is C66H41N3S. The van der Waals surface area contributed by atoms with Gasteiger partial charge in [-0.15, -0.1) is 11.3 Å². The van der Waals surface area contributed by atoms with Crippen molar-refractivity contribution in [2.24, 2.45) is 0 Å². The van der Waals surface area contributed by atoms with E-state index in [1.807, 2.05) is 0 Å². The first kappa shape index (κ1) is 40.3. The second-order valence-corrected chi connectivity index (χ2v) is 19.3. The molecule has 70 heavy (non-hydrogen) atoms. The highest BCUT2D eigenvalue weighted by atomic mass is 32.1. The zero-order chi connectivity index (χ0) is 46.2. The van der Waals surface area contributed by atoms with Crippen LogP contribution in [0.1, 0.15) is 22.3 Å². The van der Waals surface area contributed by atoms with Crippen molar-refractivity contribution in [3.05, 3.63) is 271 Å². The van der Waals surface area contributed by atoms with Crippen molar-refractivity contribution < 1.29 is 0 Å². The minimum absolute atomic E-state index is 0.461. The van der Waals surface area contributed by atoms with Gasteiger partial charge in [-0.2, -0.15) is 0 Å². The van der Waals surface area contributed by atoms with Gasteiger partial charge in [0.05, 0.1) is 5.41 Å². The van der Waals surface area contributed by atoms with Crippen LogP contribution in [-0.4, -0.2) is 15.0 Å². The van der Waals surface area contributed by atoms with Crippen molar-refractivity contribution >= 4 is 53.1 Å². The summed E-state index contributed by atoms with van der Waals surface area (Å²) in [5.41, 5.74) is 14.8. The fraction of sp³-hybridized carbons (Fsp3) is 0.0152. The molecule has 13 aromatic rings. The first-order valence-electron chi connectivity index (χ1n) is 23.8. The van der Waals surface area contributed by atoms with E-state index in [2.05, 4.69) is 249 Å². The third kappa shape index (κ3) is 6.31. The van der Waals surface area contributed by atoms with Gasteiger partial charge in [-0.25, -0.2) is 15.0 Å². The molecule has 0 bridgehead atoms. The van der Waals surface area contributed by atoms with Crippen molar-refractivity contribution in [1.29, 1.82) is 0 Å². The summed E-state index contributed by atoms with van der Waals surface area (Å²) < 4.78 is 2.41. The summed E-state index contributed by atoms with van der Waals surface area (Å²) in [6, 6.07) is 90.1. The maximum atomic E-state index is 5.35. The quantitative estimate of drug-likeness (QED) is 0.160. The lowest BCUT2D eigenvalue weighted by Gasteiger charge is -2.34.